The molecule has 0 bridgehead atoms. The van der Waals surface area contributed by atoms with Crippen LogP contribution in [-0.2, 0) is 4.79 Å². The lowest BCUT2D eigenvalue weighted by Crippen LogP contribution is -2.34. The van der Waals surface area contributed by atoms with Gasteiger partial charge < -0.3 is 15.2 Å². The van der Waals surface area contributed by atoms with Gasteiger partial charge in [-0.3, -0.25) is 14.2 Å². The van der Waals surface area contributed by atoms with Gasteiger partial charge in [0.25, 0.3) is 5.91 Å². The van der Waals surface area contributed by atoms with Crippen molar-refractivity contribution in [2.45, 2.75) is 32.1 Å². The summed E-state index contributed by atoms with van der Waals surface area (Å²) < 4.78 is 2.21. The van der Waals surface area contributed by atoms with Gasteiger partial charge in [-0.05, 0) is 43.6 Å². The third-order valence-electron chi connectivity index (χ3n) is 4.59. The van der Waals surface area contributed by atoms with E-state index in [1.165, 1.54) is 0 Å². The number of nitrogens with zero attached hydrogens (tertiary/aromatic N) is 2. The van der Waals surface area contributed by atoms with Gasteiger partial charge in [0, 0.05) is 37.9 Å². The summed E-state index contributed by atoms with van der Waals surface area (Å²) in [5.41, 5.74) is 1.33. The van der Waals surface area contributed by atoms with Gasteiger partial charge in [-0.15, -0.1) is 0 Å². The average Bonchev–Trinajstić information content (AvgIpc) is 2.92. The smallest absolute Gasteiger partial charge is 0.269 e. The number of carbonyl (C=O) groups excluding carboxylic acids is 2. The van der Waals surface area contributed by atoms with Crippen molar-refractivity contribution in [3.63, 3.8) is 0 Å². The molecule has 1 fully saturated rings. The molecule has 1 aromatic carbocycles. The maximum absolute atomic E-state index is 12.5. The molecule has 0 atom stereocenters. The lowest BCUT2D eigenvalue weighted by Gasteiger charge is -2.20. The number of benzene rings is 1. The second kappa shape index (κ2) is 8.80. The highest BCUT2D eigenvalue weighted by molar-refractivity contribution is 7.71. The maximum Gasteiger partial charge on any atom is 0.269 e. The predicted molar refractivity (Wildman–Crippen MR) is 103 cm³/mol. The fourth-order valence-electron chi connectivity index (χ4n) is 3.21. The molecule has 0 radical (unpaired) electrons. The molecule has 0 aliphatic carbocycles. The molecule has 0 saturated carbocycles. The van der Waals surface area contributed by atoms with Crippen LogP contribution in [0.25, 0.3) is 5.69 Å². The summed E-state index contributed by atoms with van der Waals surface area (Å²) in [4.78, 5) is 29.4. The topological polar surface area (TPSA) is 70.1 Å². The van der Waals surface area contributed by atoms with E-state index in [2.05, 4.69) is 10.3 Å². The number of aromatic amines is 1. The number of aromatic nitrogens is 2. The molecular weight excluding hydrogens is 348 g/mol. The molecule has 2 heterocycles. The molecule has 1 saturated heterocycles. The first-order valence-corrected chi connectivity index (χ1v) is 9.49. The van der Waals surface area contributed by atoms with Gasteiger partial charge in [-0.1, -0.05) is 24.6 Å². The molecule has 3 rings (SSSR count). The highest BCUT2D eigenvalue weighted by Gasteiger charge is 2.17. The number of likely N-dealkylation sites (tertiary alicyclic amines) is 1. The lowest BCUT2D eigenvalue weighted by atomic mass is 10.2. The minimum atomic E-state index is -0.177. The van der Waals surface area contributed by atoms with E-state index in [1.807, 2.05) is 35.2 Å². The Morgan fingerprint density at radius 3 is 2.81 bits per heavy atom. The largest absolute Gasteiger partial charge is 0.351 e. The van der Waals surface area contributed by atoms with Gasteiger partial charge in [0.1, 0.15) is 5.69 Å². The fraction of sp³-hybridized carbons (Fsp3) is 0.421. The molecule has 1 aliphatic heterocycles. The number of hydrogen-bond donors (Lipinski definition) is 2. The van der Waals surface area contributed by atoms with Crippen LogP contribution >= 0.6 is 12.2 Å². The zero-order valence-electron chi connectivity index (χ0n) is 14.7. The van der Waals surface area contributed by atoms with Gasteiger partial charge in [-0.2, -0.15) is 0 Å². The van der Waals surface area contributed by atoms with Crippen molar-refractivity contribution in [2.24, 2.45) is 0 Å². The van der Waals surface area contributed by atoms with Crippen molar-refractivity contribution >= 4 is 24.0 Å². The van der Waals surface area contributed by atoms with Crippen LogP contribution in [0.3, 0.4) is 0 Å². The van der Waals surface area contributed by atoms with Crippen molar-refractivity contribution in [1.82, 2.24) is 19.8 Å². The predicted octanol–water partition coefficient (Wildman–Crippen LogP) is 3.06. The zero-order valence-corrected chi connectivity index (χ0v) is 15.6. The second-order valence-electron chi connectivity index (χ2n) is 6.45. The third-order valence-corrected chi connectivity index (χ3v) is 4.89. The van der Waals surface area contributed by atoms with Gasteiger partial charge in [0.05, 0.1) is 0 Å². The quantitative estimate of drug-likeness (QED) is 0.605. The van der Waals surface area contributed by atoms with E-state index in [-0.39, 0.29) is 11.8 Å². The molecule has 26 heavy (non-hydrogen) atoms. The highest BCUT2D eigenvalue weighted by atomic mass is 32.1. The number of imidazole rings is 1. The van der Waals surface area contributed by atoms with E-state index in [0.717, 1.165) is 37.9 Å². The minimum absolute atomic E-state index is 0.177. The van der Waals surface area contributed by atoms with Gasteiger partial charge in [-0.25, -0.2) is 0 Å². The van der Waals surface area contributed by atoms with Crippen LogP contribution in [0.15, 0.2) is 36.5 Å². The fourth-order valence-corrected chi connectivity index (χ4v) is 3.47. The summed E-state index contributed by atoms with van der Waals surface area (Å²) in [5.74, 6) is 0.0560. The summed E-state index contributed by atoms with van der Waals surface area (Å²) in [6.45, 7) is 2.05. The van der Waals surface area contributed by atoms with Gasteiger partial charge in [0.2, 0.25) is 5.91 Å². The maximum atomic E-state index is 12.5. The number of hydrogen-bond acceptors (Lipinski definition) is 3. The SMILES string of the molecule is O=C(NCCCN1CCCCCC1=O)c1c[nH]c(=S)n1-c1ccccc1. The van der Waals surface area contributed by atoms with Crippen molar-refractivity contribution < 1.29 is 9.59 Å². The average molecular weight is 372 g/mol. The zero-order chi connectivity index (χ0) is 18.4. The van der Waals surface area contributed by atoms with Crippen LogP contribution in [0.5, 0.6) is 0 Å². The van der Waals surface area contributed by atoms with E-state index in [4.69, 9.17) is 12.2 Å². The molecule has 0 unspecified atom stereocenters. The molecule has 2 amide bonds. The molecule has 2 aromatic rings. The van der Waals surface area contributed by atoms with Crippen LogP contribution in [0, 0.1) is 4.77 Å². The Labute approximate surface area is 158 Å². The number of amides is 2. The van der Waals surface area contributed by atoms with Crippen molar-refractivity contribution in [2.75, 3.05) is 19.6 Å². The first kappa shape index (κ1) is 18.4. The summed E-state index contributed by atoms with van der Waals surface area (Å²) in [7, 11) is 0. The Balaban J connectivity index is 1.56. The van der Waals surface area contributed by atoms with Gasteiger partial charge in [0.15, 0.2) is 4.77 Å². The molecule has 6 nitrogen and oxygen atoms in total. The number of nitrogens with one attached hydrogen (secondary N) is 2. The van der Waals surface area contributed by atoms with Gasteiger partial charge >= 0.3 is 0 Å². The van der Waals surface area contributed by atoms with Crippen molar-refractivity contribution in [3.8, 4) is 5.69 Å². The standard InChI is InChI=1S/C19H24N4O2S/c24-17-10-5-2-6-12-22(17)13-7-11-20-18(25)16-14-21-19(26)23(16)15-8-3-1-4-9-15/h1,3-4,8-9,14H,2,5-7,10-13H2,(H,20,25)(H,21,26). The highest BCUT2D eigenvalue weighted by Crippen LogP contribution is 2.13. The first-order chi connectivity index (χ1) is 12.7. The Morgan fingerprint density at radius 1 is 1.19 bits per heavy atom. The number of para-hydroxylation sites is 1. The Hall–Kier alpha value is -2.41. The van der Waals surface area contributed by atoms with Crippen LogP contribution in [0.2, 0.25) is 0 Å². The summed E-state index contributed by atoms with van der Waals surface area (Å²) in [6, 6.07) is 9.55. The van der Waals surface area contributed by atoms with Crippen molar-refractivity contribution in [3.05, 3.63) is 47.0 Å². The molecule has 1 aliphatic rings. The first-order valence-electron chi connectivity index (χ1n) is 9.08. The molecule has 138 valence electrons. The van der Waals surface area contributed by atoms with E-state index < -0.39 is 0 Å². The molecule has 7 heteroatoms. The monoisotopic (exact) mass is 372 g/mol. The minimum Gasteiger partial charge on any atom is -0.351 e. The van der Waals surface area contributed by atoms with E-state index in [0.29, 0.717) is 30.0 Å². The van der Waals surface area contributed by atoms with Crippen LogP contribution in [0.4, 0.5) is 0 Å². The van der Waals surface area contributed by atoms with E-state index in [1.54, 1.807) is 10.8 Å². The number of carbonyl (C=O) groups is 2. The molecular formula is C19H24N4O2S. The van der Waals surface area contributed by atoms with E-state index >= 15 is 0 Å². The summed E-state index contributed by atoms with van der Waals surface area (Å²) in [5, 5.41) is 2.93. The normalized spacial score (nSPS) is 14.9. The molecule has 1 aromatic heterocycles. The summed E-state index contributed by atoms with van der Waals surface area (Å²) in [6.07, 6.45) is 6.20. The van der Waals surface area contributed by atoms with E-state index in [9.17, 15) is 9.59 Å². The Kier molecular flexibility index (Phi) is 6.22. The number of rotatable bonds is 6. The summed E-state index contributed by atoms with van der Waals surface area (Å²) >= 11 is 5.30. The third kappa shape index (κ3) is 4.40. The molecule has 0 spiro atoms. The van der Waals surface area contributed by atoms with Crippen molar-refractivity contribution in [1.29, 1.82) is 0 Å². The Morgan fingerprint density at radius 2 is 2.00 bits per heavy atom. The number of H-pyrrole nitrogens is 1. The molecule has 2 N–H and O–H groups in total. The van der Waals surface area contributed by atoms with Crippen LogP contribution < -0.4 is 5.32 Å². The second-order valence-corrected chi connectivity index (χ2v) is 6.84. The van der Waals surface area contributed by atoms with Crippen LogP contribution in [-0.4, -0.2) is 45.9 Å². The van der Waals surface area contributed by atoms with Crippen LogP contribution in [0.1, 0.15) is 42.6 Å². The lowest BCUT2D eigenvalue weighted by molar-refractivity contribution is -0.130. The Bertz CT molecular complexity index is 812.